The molecule has 0 heterocycles. The quantitative estimate of drug-likeness (QED) is 0.158. The number of aliphatic carboxylic acids is 1. The first-order valence-corrected chi connectivity index (χ1v) is 7.97. The van der Waals surface area contributed by atoms with Gasteiger partial charge in [-0.1, -0.05) is 9.39 Å². The number of carbonyl (C=O) groups excluding carboxylic acids is 2. The normalized spacial score (nSPS) is 11.7. The Hall–Kier alpha value is -1.28. The van der Waals surface area contributed by atoms with Gasteiger partial charge in [0.1, 0.15) is 12.6 Å². The maximum absolute atomic E-state index is 11.4. The third kappa shape index (κ3) is 14.1. The molecule has 0 aliphatic rings. The zero-order valence-corrected chi connectivity index (χ0v) is 14.2. The summed E-state index contributed by atoms with van der Waals surface area (Å²) in [7, 11) is 2.19. The second-order valence-corrected chi connectivity index (χ2v) is 4.97. The highest BCUT2D eigenvalue weighted by atomic mass is 31.0. The Labute approximate surface area is 138 Å². The summed E-state index contributed by atoms with van der Waals surface area (Å²) in [6.07, 6.45) is 2.50. The summed E-state index contributed by atoms with van der Waals surface area (Å²) in [6, 6.07) is -0.583. The van der Waals surface area contributed by atoms with Gasteiger partial charge >= 0.3 is 5.97 Å². The highest BCUT2D eigenvalue weighted by Gasteiger charge is 2.13. The smallest absolute Gasteiger partial charge is 0.320 e. The Bertz CT molecular complexity index is 346. The zero-order valence-electron chi connectivity index (χ0n) is 13.1. The molecule has 0 aromatic rings. The molecule has 0 saturated carbocycles. The van der Waals surface area contributed by atoms with Gasteiger partial charge in [0, 0.05) is 13.1 Å². The fourth-order valence-electron chi connectivity index (χ4n) is 1.61. The summed E-state index contributed by atoms with van der Waals surface area (Å²) >= 11 is 0. The van der Waals surface area contributed by atoms with Crippen molar-refractivity contribution in [1.82, 2.24) is 15.7 Å². The van der Waals surface area contributed by atoms with E-state index < -0.39 is 12.0 Å². The average Bonchev–Trinajstić information content (AvgIpc) is 2.53. The van der Waals surface area contributed by atoms with Gasteiger partial charge in [-0.25, -0.2) is 0 Å². The van der Waals surface area contributed by atoms with Crippen LogP contribution in [-0.2, 0) is 23.9 Å². The molecule has 0 radical (unpaired) electrons. The van der Waals surface area contributed by atoms with Crippen molar-refractivity contribution in [2.24, 2.45) is 0 Å². The Morgan fingerprint density at radius 2 is 1.87 bits per heavy atom. The lowest BCUT2D eigenvalue weighted by molar-refractivity contribution is -0.139. The molecular weight excluding hydrogens is 325 g/mol. The molecule has 0 aliphatic carbocycles. The van der Waals surface area contributed by atoms with Crippen LogP contribution in [0.3, 0.4) is 0 Å². The third-order valence-electron chi connectivity index (χ3n) is 2.82. The van der Waals surface area contributed by atoms with Crippen LogP contribution in [0.1, 0.15) is 19.3 Å². The Morgan fingerprint density at radius 1 is 1.13 bits per heavy atom. The molecule has 0 aromatic heterocycles. The van der Waals surface area contributed by atoms with E-state index in [9.17, 15) is 14.4 Å². The fraction of sp³-hybridized carbons (Fsp3) is 0.769. The predicted molar refractivity (Wildman–Crippen MR) is 86.8 cm³/mol. The molecule has 2 unspecified atom stereocenters. The molecule has 0 saturated heterocycles. The van der Waals surface area contributed by atoms with Crippen LogP contribution in [-0.4, -0.2) is 69.0 Å². The van der Waals surface area contributed by atoms with Gasteiger partial charge < -0.3 is 25.2 Å². The van der Waals surface area contributed by atoms with E-state index in [2.05, 4.69) is 25.1 Å². The van der Waals surface area contributed by atoms with Gasteiger partial charge in [0.25, 0.3) is 0 Å². The van der Waals surface area contributed by atoms with Gasteiger partial charge in [0.15, 0.2) is 0 Å². The summed E-state index contributed by atoms with van der Waals surface area (Å²) in [5.41, 5.74) is 0. The van der Waals surface area contributed by atoms with Gasteiger partial charge in [0.2, 0.25) is 12.3 Å². The van der Waals surface area contributed by atoms with E-state index in [1.807, 2.05) is 0 Å². The van der Waals surface area contributed by atoms with Crippen LogP contribution < -0.4 is 15.7 Å². The number of amides is 2. The zero-order chi connectivity index (χ0) is 17.3. The third-order valence-corrected chi connectivity index (χ3v) is 3.22. The van der Waals surface area contributed by atoms with Crippen molar-refractivity contribution in [3.05, 3.63) is 0 Å². The maximum atomic E-state index is 11.4. The van der Waals surface area contributed by atoms with E-state index in [1.54, 1.807) is 0 Å². The van der Waals surface area contributed by atoms with E-state index in [0.29, 0.717) is 58.6 Å². The molecule has 9 nitrogen and oxygen atoms in total. The predicted octanol–water partition coefficient (Wildman–Crippen LogP) is -1.11. The number of nitrogens with one attached hydrogen (secondary N) is 3. The van der Waals surface area contributed by atoms with Gasteiger partial charge in [-0.15, -0.1) is 0 Å². The van der Waals surface area contributed by atoms with Crippen LogP contribution in [0.5, 0.6) is 0 Å². The molecule has 134 valence electrons. The molecule has 0 fully saturated rings. The maximum Gasteiger partial charge on any atom is 0.320 e. The van der Waals surface area contributed by atoms with E-state index in [-0.39, 0.29) is 12.5 Å². The number of unbranched alkanes of at least 4 members (excludes halogenated alkanes) is 1. The van der Waals surface area contributed by atoms with Crippen molar-refractivity contribution >= 4 is 27.7 Å². The number of carboxylic acid groups (broad SMARTS) is 1. The van der Waals surface area contributed by atoms with Crippen molar-refractivity contribution in [2.75, 3.05) is 39.5 Å². The Balaban J connectivity index is 3.37. The minimum Gasteiger partial charge on any atom is -0.480 e. The van der Waals surface area contributed by atoms with E-state index in [0.717, 1.165) is 0 Å². The molecule has 4 N–H and O–H groups in total. The molecule has 10 heteroatoms. The summed E-state index contributed by atoms with van der Waals surface area (Å²) in [6.45, 7) is 1.94. The number of hydrogen-bond donors (Lipinski definition) is 4. The number of hydrogen-bond acceptors (Lipinski definition) is 6. The van der Waals surface area contributed by atoms with Crippen LogP contribution in [0, 0.1) is 0 Å². The Morgan fingerprint density at radius 3 is 2.52 bits per heavy atom. The van der Waals surface area contributed by atoms with Crippen LogP contribution in [0.15, 0.2) is 0 Å². The standard InChI is InChI=1S/C13H26N3O6P/c17-10-14-5-6-21-7-8-22-9-12(18)15-4-2-1-3-11(16-23)13(19)20/h10-11,16H,1-9,23H2,(H,14,17)(H,15,18)(H,19,20). The minimum absolute atomic E-state index is 0.0408. The molecule has 0 spiro atoms. The number of carbonyl (C=O) groups is 3. The van der Waals surface area contributed by atoms with E-state index in [4.69, 9.17) is 14.6 Å². The Kier molecular flexibility index (Phi) is 14.7. The van der Waals surface area contributed by atoms with Gasteiger partial charge in [-0.3, -0.25) is 19.5 Å². The lowest BCUT2D eigenvalue weighted by atomic mass is 10.1. The van der Waals surface area contributed by atoms with E-state index in [1.165, 1.54) is 0 Å². The van der Waals surface area contributed by atoms with Crippen LogP contribution in [0.2, 0.25) is 0 Å². The molecule has 2 atom stereocenters. The molecule has 2 amide bonds. The van der Waals surface area contributed by atoms with Crippen LogP contribution >= 0.6 is 9.39 Å². The second-order valence-electron chi connectivity index (χ2n) is 4.64. The minimum atomic E-state index is -0.887. The molecule has 0 bridgehead atoms. The average molecular weight is 351 g/mol. The highest BCUT2D eigenvalue weighted by molar-refractivity contribution is 7.13. The van der Waals surface area contributed by atoms with Gasteiger partial charge in [0.05, 0.1) is 19.8 Å². The molecule has 0 aliphatic heterocycles. The van der Waals surface area contributed by atoms with Gasteiger partial charge in [-0.05, 0) is 19.3 Å². The first-order chi connectivity index (χ1) is 11.1. The molecular formula is C13H26N3O6P. The van der Waals surface area contributed by atoms with Crippen molar-refractivity contribution < 1.29 is 29.0 Å². The fourth-order valence-corrected chi connectivity index (χ4v) is 1.91. The lowest BCUT2D eigenvalue weighted by Gasteiger charge is -2.10. The lowest BCUT2D eigenvalue weighted by Crippen LogP contribution is -2.31. The van der Waals surface area contributed by atoms with E-state index >= 15 is 0 Å². The monoisotopic (exact) mass is 351 g/mol. The molecule has 0 rings (SSSR count). The summed E-state index contributed by atoms with van der Waals surface area (Å²) in [5.74, 6) is -1.10. The van der Waals surface area contributed by atoms with Crippen molar-refractivity contribution in [2.45, 2.75) is 25.3 Å². The summed E-state index contributed by atoms with van der Waals surface area (Å²) < 4.78 is 10.3. The molecule has 0 aromatic carbocycles. The molecule has 23 heavy (non-hydrogen) atoms. The second kappa shape index (κ2) is 15.6. The van der Waals surface area contributed by atoms with Crippen molar-refractivity contribution in [3.63, 3.8) is 0 Å². The highest BCUT2D eigenvalue weighted by Crippen LogP contribution is 2.02. The van der Waals surface area contributed by atoms with Crippen molar-refractivity contribution in [3.8, 4) is 0 Å². The summed E-state index contributed by atoms with van der Waals surface area (Å²) in [5, 5.41) is 16.6. The van der Waals surface area contributed by atoms with Crippen molar-refractivity contribution in [1.29, 1.82) is 0 Å². The first kappa shape index (κ1) is 21.7. The summed E-state index contributed by atoms with van der Waals surface area (Å²) in [4.78, 5) is 32.2. The van der Waals surface area contributed by atoms with Crippen LogP contribution in [0.4, 0.5) is 0 Å². The largest absolute Gasteiger partial charge is 0.480 e. The first-order valence-electron chi connectivity index (χ1n) is 7.40. The SMILES string of the molecule is O=CNCCOCCOCC(=O)NCCCCC(NP)C(=O)O. The van der Waals surface area contributed by atoms with Gasteiger partial charge in [-0.2, -0.15) is 0 Å². The number of rotatable bonds is 16. The number of carboxylic acids is 1. The topological polar surface area (TPSA) is 126 Å². The number of ether oxygens (including phenoxy) is 2. The van der Waals surface area contributed by atoms with Crippen LogP contribution in [0.25, 0.3) is 0 Å².